The van der Waals surface area contributed by atoms with Crippen molar-refractivity contribution in [2.45, 2.75) is 19.5 Å². The zero-order valence-corrected chi connectivity index (χ0v) is 14.1. The van der Waals surface area contributed by atoms with Gasteiger partial charge in [-0.25, -0.2) is 0 Å². The number of para-hydroxylation sites is 1. The molecule has 112 valence electrons. The highest BCUT2D eigenvalue weighted by molar-refractivity contribution is 9.10. The average molecular weight is 350 g/mol. The van der Waals surface area contributed by atoms with Gasteiger partial charge in [0.25, 0.3) is 0 Å². The molecule has 3 nitrogen and oxygen atoms in total. The number of hydrogen-bond donors (Lipinski definition) is 1. The zero-order valence-electron chi connectivity index (χ0n) is 12.5. The molecule has 0 aliphatic heterocycles. The normalized spacial score (nSPS) is 12.0. The van der Waals surface area contributed by atoms with Gasteiger partial charge in [-0.1, -0.05) is 34.1 Å². The number of methoxy groups -OCH3 is 2. The molecule has 2 rings (SSSR count). The van der Waals surface area contributed by atoms with E-state index in [9.17, 15) is 0 Å². The fourth-order valence-electron chi connectivity index (χ4n) is 2.21. The summed E-state index contributed by atoms with van der Waals surface area (Å²) in [6.07, 6.45) is 0. The summed E-state index contributed by atoms with van der Waals surface area (Å²) < 4.78 is 11.8. The van der Waals surface area contributed by atoms with Crippen LogP contribution in [0.5, 0.6) is 11.5 Å². The van der Waals surface area contributed by atoms with Crippen LogP contribution in [-0.2, 0) is 6.54 Å². The van der Waals surface area contributed by atoms with Crippen LogP contribution in [0.3, 0.4) is 0 Å². The Hall–Kier alpha value is -1.52. The summed E-state index contributed by atoms with van der Waals surface area (Å²) in [6, 6.07) is 14.2. The summed E-state index contributed by atoms with van der Waals surface area (Å²) in [5, 5.41) is 3.52. The van der Waals surface area contributed by atoms with Gasteiger partial charge in [0.1, 0.15) is 11.5 Å². The molecule has 2 aromatic carbocycles. The van der Waals surface area contributed by atoms with E-state index in [-0.39, 0.29) is 6.04 Å². The third-order valence-electron chi connectivity index (χ3n) is 3.46. The summed E-state index contributed by atoms with van der Waals surface area (Å²) >= 11 is 3.57. The molecule has 0 heterocycles. The first-order chi connectivity index (χ1) is 10.2. The number of hydrogen-bond acceptors (Lipinski definition) is 3. The molecule has 4 heteroatoms. The van der Waals surface area contributed by atoms with Crippen molar-refractivity contribution < 1.29 is 9.47 Å². The van der Waals surface area contributed by atoms with Crippen molar-refractivity contribution in [3.05, 3.63) is 58.1 Å². The van der Waals surface area contributed by atoms with E-state index in [4.69, 9.17) is 9.47 Å². The minimum absolute atomic E-state index is 0.194. The molecular weight excluding hydrogens is 330 g/mol. The van der Waals surface area contributed by atoms with E-state index < -0.39 is 0 Å². The van der Waals surface area contributed by atoms with E-state index >= 15 is 0 Å². The van der Waals surface area contributed by atoms with E-state index in [1.165, 1.54) is 0 Å². The fourth-order valence-corrected chi connectivity index (χ4v) is 2.60. The Kier molecular flexibility index (Phi) is 5.65. The molecule has 0 bridgehead atoms. The maximum Gasteiger partial charge on any atom is 0.123 e. The van der Waals surface area contributed by atoms with Gasteiger partial charge in [0.2, 0.25) is 0 Å². The second kappa shape index (κ2) is 7.48. The summed E-state index contributed by atoms with van der Waals surface area (Å²) in [6.45, 7) is 2.88. The lowest BCUT2D eigenvalue weighted by Gasteiger charge is -2.18. The van der Waals surface area contributed by atoms with Gasteiger partial charge in [0.15, 0.2) is 0 Å². The topological polar surface area (TPSA) is 30.5 Å². The molecule has 0 saturated carbocycles. The molecule has 21 heavy (non-hydrogen) atoms. The predicted molar refractivity (Wildman–Crippen MR) is 88.9 cm³/mol. The van der Waals surface area contributed by atoms with E-state index in [2.05, 4.69) is 34.2 Å². The molecule has 0 radical (unpaired) electrons. The van der Waals surface area contributed by atoms with Crippen molar-refractivity contribution in [2.75, 3.05) is 14.2 Å². The lowest BCUT2D eigenvalue weighted by molar-refractivity contribution is 0.401. The molecule has 1 atom stereocenters. The molecule has 2 aromatic rings. The lowest BCUT2D eigenvalue weighted by atomic mass is 10.1. The van der Waals surface area contributed by atoms with E-state index in [1.54, 1.807) is 14.2 Å². The molecule has 0 aliphatic carbocycles. The molecule has 1 N–H and O–H groups in total. The Labute approximate surface area is 134 Å². The first-order valence-corrected chi connectivity index (χ1v) is 7.63. The Morgan fingerprint density at radius 3 is 2.57 bits per heavy atom. The second-order valence-electron chi connectivity index (χ2n) is 4.80. The Morgan fingerprint density at radius 1 is 1.10 bits per heavy atom. The van der Waals surface area contributed by atoms with E-state index in [0.29, 0.717) is 0 Å². The van der Waals surface area contributed by atoms with Gasteiger partial charge in [0, 0.05) is 22.6 Å². The largest absolute Gasteiger partial charge is 0.497 e. The Balaban J connectivity index is 2.09. The molecule has 0 aromatic heterocycles. The smallest absolute Gasteiger partial charge is 0.123 e. The second-order valence-corrected chi connectivity index (χ2v) is 5.66. The summed E-state index contributed by atoms with van der Waals surface area (Å²) in [4.78, 5) is 0. The number of halogens is 1. The van der Waals surface area contributed by atoms with Gasteiger partial charge in [-0.2, -0.15) is 0 Å². The molecule has 0 saturated heterocycles. The van der Waals surface area contributed by atoms with Crippen molar-refractivity contribution in [1.29, 1.82) is 0 Å². The van der Waals surface area contributed by atoms with E-state index in [0.717, 1.165) is 33.6 Å². The predicted octanol–water partition coefficient (Wildman–Crippen LogP) is 4.32. The van der Waals surface area contributed by atoms with Crippen LogP contribution in [0.4, 0.5) is 0 Å². The van der Waals surface area contributed by atoms with Crippen LogP contribution in [0.25, 0.3) is 0 Å². The van der Waals surface area contributed by atoms with Gasteiger partial charge >= 0.3 is 0 Å². The molecule has 0 fully saturated rings. The van der Waals surface area contributed by atoms with Crippen LogP contribution in [0.15, 0.2) is 46.9 Å². The van der Waals surface area contributed by atoms with Crippen molar-refractivity contribution in [1.82, 2.24) is 5.32 Å². The number of ether oxygens (including phenoxy) is 2. The van der Waals surface area contributed by atoms with Gasteiger partial charge in [-0.05, 0) is 36.8 Å². The number of rotatable bonds is 6. The molecule has 0 spiro atoms. The SMILES string of the molecule is COc1ccc(Br)c(CN[C@@H](C)c2ccccc2OC)c1. The van der Waals surface area contributed by atoms with Crippen LogP contribution < -0.4 is 14.8 Å². The van der Waals surface area contributed by atoms with Crippen LogP contribution in [0.2, 0.25) is 0 Å². The first-order valence-electron chi connectivity index (χ1n) is 6.84. The minimum atomic E-state index is 0.194. The van der Waals surface area contributed by atoms with Crippen molar-refractivity contribution >= 4 is 15.9 Å². The molecular formula is C17H20BrNO2. The molecule has 0 aliphatic rings. The quantitative estimate of drug-likeness (QED) is 0.842. The zero-order chi connectivity index (χ0) is 15.2. The highest BCUT2D eigenvalue weighted by Crippen LogP contribution is 2.26. The highest BCUT2D eigenvalue weighted by Gasteiger charge is 2.11. The Bertz CT molecular complexity index is 601. The third-order valence-corrected chi connectivity index (χ3v) is 4.23. The monoisotopic (exact) mass is 349 g/mol. The molecule has 0 amide bonds. The third kappa shape index (κ3) is 3.99. The standard InChI is InChI=1S/C17H20BrNO2/c1-12(15-6-4-5-7-17(15)21-3)19-11-13-10-14(20-2)8-9-16(13)18/h4-10,12,19H,11H2,1-3H3/t12-/m0/s1. The summed E-state index contributed by atoms with van der Waals surface area (Å²) in [7, 11) is 3.38. The number of nitrogens with one attached hydrogen (secondary N) is 1. The Morgan fingerprint density at radius 2 is 1.86 bits per heavy atom. The highest BCUT2D eigenvalue weighted by atomic mass is 79.9. The van der Waals surface area contributed by atoms with Crippen LogP contribution in [0.1, 0.15) is 24.1 Å². The van der Waals surface area contributed by atoms with Gasteiger partial charge in [-0.15, -0.1) is 0 Å². The maximum absolute atomic E-state index is 5.41. The van der Waals surface area contributed by atoms with Gasteiger partial charge < -0.3 is 14.8 Å². The summed E-state index contributed by atoms with van der Waals surface area (Å²) in [5.41, 5.74) is 2.31. The van der Waals surface area contributed by atoms with Crippen molar-refractivity contribution in [2.24, 2.45) is 0 Å². The van der Waals surface area contributed by atoms with Crippen molar-refractivity contribution in [3.8, 4) is 11.5 Å². The number of benzene rings is 2. The average Bonchev–Trinajstić information content (AvgIpc) is 2.53. The van der Waals surface area contributed by atoms with Crippen LogP contribution in [-0.4, -0.2) is 14.2 Å². The lowest BCUT2D eigenvalue weighted by Crippen LogP contribution is -2.19. The summed E-state index contributed by atoms with van der Waals surface area (Å²) in [5.74, 6) is 1.77. The van der Waals surface area contributed by atoms with Crippen LogP contribution >= 0.6 is 15.9 Å². The van der Waals surface area contributed by atoms with Gasteiger partial charge in [-0.3, -0.25) is 0 Å². The fraction of sp³-hybridized carbons (Fsp3) is 0.294. The van der Waals surface area contributed by atoms with Crippen molar-refractivity contribution in [3.63, 3.8) is 0 Å². The van der Waals surface area contributed by atoms with E-state index in [1.807, 2.05) is 36.4 Å². The van der Waals surface area contributed by atoms with Crippen LogP contribution in [0, 0.1) is 0 Å². The molecule has 0 unspecified atom stereocenters. The van der Waals surface area contributed by atoms with Gasteiger partial charge in [0.05, 0.1) is 14.2 Å². The minimum Gasteiger partial charge on any atom is -0.497 e. The first kappa shape index (κ1) is 15.9. The maximum atomic E-state index is 5.41.